The Hall–Kier alpha value is -2.28. The highest BCUT2D eigenvalue weighted by Gasteiger charge is 2.19. The molecule has 1 aliphatic rings. The van der Waals surface area contributed by atoms with Crippen molar-refractivity contribution in [1.82, 2.24) is 4.90 Å². The molecule has 0 bridgehead atoms. The first kappa shape index (κ1) is 15.1. The molecular weight excluding hydrogens is 276 g/mol. The van der Waals surface area contributed by atoms with Crippen LogP contribution >= 0.6 is 0 Å². The first-order valence-corrected chi connectivity index (χ1v) is 6.67. The van der Waals surface area contributed by atoms with Crippen LogP contribution in [0.1, 0.15) is 16.8 Å². The van der Waals surface area contributed by atoms with Crippen LogP contribution < -0.4 is 10.1 Å². The molecule has 2 amide bonds. The Morgan fingerprint density at radius 1 is 1.33 bits per heavy atom. The van der Waals surface area contributed by atoms with Gasteiger partial charge in [0.2, 0.25) is 0 Å². The zero-order chi connectivity index (χ0) is 15.2. The summed E-state index contributed by atoms with van der Waals surface area (Å²) in [7, 11) is 1.45. The summed E-state index contributed by atoms with van der Waals surface area (Å²) < 4.78 is 10.3. The number of benzene rings is 1. The number of rotatable bonds is 3. The molecule has 0 aliphatic carbocycles. The Bertz CT molecular complexity index is 524. The van der Waals surface area contributed by atoms with Crippen LogP contribution in [0.4, 0.5) is 10.5 Å². The predicted octanol–water partition coefficient (Wildman–Crippen LogP) is 1.65. The van der Waals surface area contributed by atoms with Crippen molar-refractivity contribution in [3.63, 3.8) is 0 Å². The molecule has 114 valence electrons. The Morgan fingerprint density at radius 2 is 2.14 bits per heavy atom. The zero-order valence-corrected chi connectivity index (χ0v) is 11.8. The summed E-state index contributed by atoms with van der Waals surface area (Å²) >= 11 is 0. The van der Waals surface area contributed by atoms with Gasteiger partial charge in [-0.3, -0.25) is 0 Å². The van der Waals surface area contributed by atoms with Crippen LogP contribution in [0.25, 0.3) is 0 Å². The second-order valence-electron chi connectivity index (χ2n) is 4.60. The van der Waals surface area contributed by atoms with Gasteiger partial charge in [-0.05, 0) is 24.6 Å². The van der Waals surface area contributed by atoms with Crippen LogP contribution in [0, 0.1) is 0 Å². The Labute approximate surface area is 122 Å². The van der Waals surface area contributed by atoms with Crippen molar-refractivity contribution < 1.29 is 24.2 Å². The summed E-state index contributed by atoms with van der Waals surface area (Å²) in [5.74, 6) is -0.697. The molecule has 0 aromatic heterocycles. The number of amides is 2. The molecule has 1 aromatic carbocycles. The molecule has 0 atom stereocenters. The Balaban J connectivity index is 2.14. The Kier molecular flexibility index (Phi) is 4.99. The lowest BCUT2D eigenvalue weighted by atomic mass is 10.1. The van der Waals surface area contributed by atoms with Gasteiger partial charge < -0.3 is 24.8 Å². The fraction of sp³-hybridized carbons (Fsp3) is 0.429. The van der Waals surface area contributed by atoms with Gasteiger partial charge in [0.25, 0.3) is 0 Å². The number of carbonyl (C=O) groups excluding carboxylic acids is 1. The lowest BCUT2D eigenvalue weighted by Gasteiger charge is -2.20. The van der Waals surface area contributed by atoms with E-state index in [1.807, 2.05) is 0 Å². The van der Waals surface area contributed by atoms with Gasteiger partial charge in [-0.15, -0.1) is 0 Å². The molecule has 1 fully saturated rings. The number of hydrogen-bond donors (Lipinski definition) is 2. The van der Waals surface area contributed by atoms with Gasteiger partial charge in [0.05, 0.1) is 25.0 Å². The largest absolute Gasteiger partial charge is 0.497 e. The summed E-state index contributed by atoms with van der Waals surface area (Å²) in [5, 5.41) is 11.8. The number of methoxy groups -OCH3 is 1. The zero-order valence-electron chi connectivity index (χ0n) is 11.8. The van der Waals surface area contributed by atoms with E-state index in [1.54, 1.807) is 11.0 Å². The molecule has 7 nitrogen and oxygen atoms in total. The minimum atomic E-state index is -1.12. The van der Waals surface area contributed by atoms with E-state index in [4.69, 9.17) is 9.47 Å². The van der Waals surface area contributed by atoms with Gasteiger partial charge in [0.15, 0.2) is 0 Å². The van der Waals surface area contributed by atoms with Gasteiger partial charge >= 0.3 is 12.0 Å². The molecular formula is C14H18N2O5. The molecule has 0 unspecified atom stereocenters. The van der Waals surface area contributed by atoms with E-state index in [9.17, 15) is 14.7 Å². The topological polar surface area (TPSA) is 88.1 Å². The third-order valence-electron chi connectivity index (χ3n) is 3.21. The highest BCUT2D eigenvalue weighted by Crippen LogP contribution is 2.22. The molecule has 0 saturated carbocycles. The van der Waals surface area contributed by atoms with E-state index in [0.717, 1.165) is 6.42 Å². The molecule has 1 heterocycles. The summed E-state index contributed by atoms with van der Waals surface area (Å²) in [6.07, 6.45) is 0.766. The average molecular weight is 294 g/mol. The minimum absolute atomic E-state index is 0.00577. The van der Waals surface area contributed by atoms with Crippen LogP contribution in [-0.2, 0) is 4.74 Å². The molecule has 21 heavy (non-hydrogen) atoms. The van der Waals surface area contributed by atoms with Crippen LogP contribution in [0.5, 0.6) is 5.75 Å². The van der Waals surface area contributed by atoms with E-state index in [0.29, 0.717) is 32.1 Å². The van der Waals surface area contributed by atoms with Gasteiger partial charge in [0.1, 0.15) is 5.75 Å². The normalized spacial score (nSPS) is 15.2. The summed E-state index contributed by atoms with van der Waals surface area (Å²) in [6.45, 7) is 2.20. The number of carboxylic acids is 1. The van der Waals surface area contributed by atoms with Crippen LogP contribution in [0.15, 0.2) is 18.2 Å². The van der Waals surface area contributed by atoms with Crippen molar-refractivity contribution in [2.24, 2.45) is 0 Å². The smallest absolute Gasteiger partial charge is 0.337 e. The standard InChI is InChI=1S/C14H18N2O5/c1-20-10-3-4-12(11(9-10)13(17)18)15-14(19)16-5-2-7-21-8-6-16/h3-4,9H,2,5-8H2,1H3,(H,15,19)(H,17,18). The predicted molar refractivity (Wildman–Crippen MR) is 76.0 cm³/mol. The van der Waals surface area contributed by atoms with Gasteiger partial charge in [-0.1, -0.05) is 0 Å². The van der Waals surface area contributed by atoms with Crippen molar-refractivity contribution in [3.8, 4) is 5.75 Å². The van der Waals surface area contributed by atoms with Gasteiger partial charge in [-0.2, -0.15) is 0 Å². The maximum Gasteiger partial charge on any atom is 0.337 e. The van der Waals surface area contributed by atoms with Crippen LogP contribution in [0.2, 0.25) is 0 Å². The average Bonchev–Trinajstić information content (AvgIpc) is 2.76. The van der Waals surface area contributed by atoms with Crippen LogP contribution in [-0.4, -0.2) is 55.4 Å². The van der Waals surface area contributed by atoms with Gasteiger partial charge in [0, 0.05) is 19.7 Å². The van der Waals surface area contributed by atoms with Crippen molar-refractivity contribution in [3.05, 3.63) is 23.8 Å². The fourth-order valence-electron chi connectivity index (χ4n) is 2.08. The SMILES string of the molecule is COc1ccc(NC(=O)N2CCCOCC2)c(C(=O)O)c1. The monoisotopic (exact) mass is 294 g/mol. The van der Waals surface area contributed by atoms with Crippen molar-refractivity contribution in [2.45, 2.75) is 6.42 Å². The molecule has 1 aromatic rings. The third kappa shape index (κ3) is 3.85. The molecule has 2 N–H and O–H groups in total. The number of carboxylic acid groups (broad SMARTS) is 1. The van der Waals surface area contributed by atoms with E-state index in [-0.39, 0.29) is 17.3 Å². The van der Waals surface area contributed by atoms with E-state index < -0.39 is 5.97 Å². The van der Waals surface area contributed by atoms with Crippen molar-refractivity contribution >= 4 is 17.7 Å². The van der Waals surface area contributed by atoms with E-state index in [1.165, 1.54) is 19.2 Å². The molecule has 7 heteroatoms. The highest BCUT2D eigenvalue weighted by atomic mass is 16.5. The van der Waals surface area contributed by atoms with Crippen molar-refractivity contribution in [2.75, 3.05) is 38.7 Å². The maximum absolute atomic E-state index is 12.2. The highest BCUT2D eigenvalue weighted by molar-refractivity contribution is 6.00. The number of nitrogens with one attached hydrogen (secondary N) is 1. The first-order chi connectivity index (χ1) is 10.1. The fourth-order valence-corrected chi connectivity index (χ4v) is 2.08. The number of anilines is 1. The summed E-state index contributed by atoms with van der Waals surface area (Å²) in [5.41, 5.74) is 0.243. The molecule has 1 aliphatic heterocycles. The first-order valence-electron chi connectivity index (χ1n) is 6.67. The third-order valence-corrected chi connectivity index (χ3v) is 3.21. The van der Waals surface area contributed by atoms with E-state index in [2.05, 4.69) is 5.32 Å². The lowest BCUT2D eigenvalue weighted by molar-refractivity contribution is 0.0697. The Morgan fingerprint density at radius 3 is 2.86 bits per heavy atom. The lowest BCUT2D eigenvalue weighted by Crippen LogP contribution is -2.37. The molecule has 0 radical (unpaired) electrons. The number of urea groups is 1. The van der Waals surface area contributed by atoms with E-state index >= 15 is 0 Å². The van der Waals surface area contributed by atoms with Crippen molar-refractivity contribution in [1.29, 1.82) is 0 Å². The number of aromatic carboxylic acids is 1. The summed E-state index contributed by atoms with van der Waals surface area (Å²) in [4.78, 5) is 25.1. The van der Waals surface area contributed by atoms with Crippen LogP contribution in [0.3, 0.4) is 0 Å². The quantitative estimate of drug-likeness (QED) is 0.885. The summed E-state index contributed by atoms with van der Waals surface area (Å²) in [6, 6.07) is 4.18. The second kappa shape index (κ2) is 6.94. The number of hydrogen-bond acceptors (Lipinski definition) is 4. The second-order valence-corrected chi connectivity index (χ2v) is 4.60. The number of nitrogens with zero attached hydrogens (tertiary/aromatic N) is 1. The molecule has 2 rings (SSSR count). The maximum atomic E-state index is 12.2. The minimum Gasteiger partial charge on any atom is -0.497 e. The van der Waals surface area contributed by atoms with Gasteiger partial charge in [-0.25, -0.2) is 9.59 Å². The number of ether oxygens (including phenoxy) is 2. The molecule has 1 saturated heterocycles. The molecule has 0 spiro atoms. The number of carbonyl (C=O) groups is 2.